The number of aromatic nitrogens is 3. The third-order valence-electron chi connectivity index (χ3n) is 5.28. The highest BCUT2D eigenvalue weighted by atomic mass is 28.4. The molecule has 0 atom stereocenters. The normalized spacial score (nSPS) is 11.9. The lowest BCUT2D eigenvalue weighted by Crippen LogP contribution is -2.44. The summed E-state index contributed by atoms with van der Waals surface area (Å²) < 4.78 is 6.56. The van der Waals surface area contributed by atoms with Gasteiger partial charge in [0.05, 0.1) is 5.56 Å². The van der Waals surface area contributed by atoms with Crippen LogP contribution in [0.2, 0.25) is 18.1 Å². The molecule has 0 spiro atoms. The van der Waals surface area contributed by atoms with E-state index >= 15 is 0 Å². The van der Waals surface area contributed by atoms with Crippen molar-refractivity contribution in [3.8, 4) is 28.5 Å². The molecule has 0 aliphatic heterocycles. The Kier molecular flexibility index (Phi) is 5.47. The van der Waals surface area contributed by atoms with Gasteiger partial charge in [-0.1, -0.05) is 69.8 Å². The maximum atomic E-state index is 6.56. The summed E-state index contributed by atoms with van der Waals surface area (Å²) in [5.41, 5.74) is 2.89. The van der Waals surface area contributed by atoms with E-state index in [2.05, 4.69) is 50.4 Å². The number of nitrogens with zero attached hydrogens (tertiary/aromatic N) is 3. The van der Waals surface area contributed by atoms with E-state index in [4.69, 9.17) is 9.41 Å². The van der Waals surface area contributed by atoms with E-state index in [-0.39, 0.29) is 5.04 Å². The smallest absolute Gasteiger partial charge is 0.250 e. The van der Waals surface area contributed by atoms with Gasteiger partial charge in [-0.15, -0.1) is 0 Å². The molecule has 0 N–H and O–H groups in total. The van der Waals surface area contributed by atoms with Gasteiger partial charge in [0.25, 0.3) is 8.32 Å². The van der Waals surface area contributed by atoms with E-state index in [1.54, 1.807) is 6.33 Å². The molecule has 5 heteroatoms. The van der Waals surface area contributed by atoms with Crippen LogP contribution in [-0.2, 0) is 0 Å². The van der Waals surface area contributed by atoms with Gasteiger partial charge in [0.2, 0.25) is 0 Å². The van der Waals surface area contributed by atoms with E-state index < -0.39 is 8.32 Å². The zero-order valence-corrected chi connectivity index (χ0v) is 18.2. The van der Waals surface area contributed by atoms with Gasteiger partial charge in [-0.3, -0.25) is 0 Å². The molecule has 0 saturated carbocycles. The number of rotatable bonds is 5. The molecule has 0 fully saturated rings. The van der Waals surface area contributed by atoms with Crippen LogP contribution < -0.4 is 4.43 Å². The molecule has 4 nitrogen and oxygen atoms in total. The van der Waals surface area contributed by atoms with Crippen LogP contribution in [0.15, 0.2) is 61.4 Å². The van der Waals surface area contributed by atoms with Crippen molar-refractivity contribution >= 4 is 14.4 Å². The third-order valence-corrected chi connectivity index (χ3v) is 9.62. The van der Waals surface area contributed by atoms with Crippen LogP contribution in [0.3, 0.4) is 0 Å². The zero-order chi connectivity index (χ0) is 20.4. The fraction of sp³-hybridized carbons (Fsp3) is 0.261. The van der Waals surface area contributed by atoms with Crippen LogP contribution in [0.4, 0.5) is 0 Å². The molecule has 1 heterocycles. The van der Waals surface area contributed by atoms with Gasteiger partial charge in [-0.25, -0.2) is 15.0 Å². The van der Waals surface area contributed by atoms with E-state index in [0.717, 1.165) is 22.4 Å². The summed E-state index contributed by atoms with van der Waals surface area (Å²) in [5.74, 6) is 2.09. The Hall–Kier alpha value is -2.79. The average molecular weight is 390 g/mol. The van der Waals surface area contributed by atoms with Gasteiger partial charge >= 0.3 is 0 Å². The van der Waals surface area contributed by atoms with Gasteiger partial charge in [-0.05, 0) is 35.8 Å². The summed E-state index contributed by atoms with van der Waals surface area (Å²) in [5, 5.41) is 0.108. The van der Waals surface area contributed by atoms with Crippen molar-refractivity contribution in [2.45, 2.75) is 38.9 Å². The Morgan fingerprint density at radius 2 is 1.57 bits per heavy atom. The van der Waals surface area contributed by atoms with Crippen LogP contribution in [0.1, 0.15) is 26.3 Å². The second-order valence-electron chi connectivity index (χ2n) is 8.32. The Labute approximate surface area is 168 Å². The second-order valence-corrected chi connectivity index (χ2v) is 13.0. The largest absolute Gasteiger partial charge is 0.543 e. The van der Waals surface area contributed by atoms with Gasteiger partial charge in [0.15, 0.2) is 11.6 Å². The van der Waals surface area contributed by atoms with Crippen LogP contribution in [0.5, 0.6) is 5.75 Å². The summed E-state index contributed by atoms with van der Waals surface area (Å²) in [7, 11) is -1.98. The second kappa shape index (κ2) is 7.68. The molecule has 0 unspecified atom stereocenters. The molecular formula is C23H27N3OSi. The van der Waals surface area contributed by atoms with Crippen molar-refractivity contribution in [2.75, 3.05) is 0 Å². The fourth-order valence-corrected chi connectivity index (χ4v) is 3.54. The van der Waals surface area contributed by atoms with Crippen molar-refractivity contribution in [2.24, 2.45) is 0 Å². The van der Waals surface area contributed by atoms with Gasteiger partial charge in [0.1, 0.15) is 12.1 Å². The maximum absolute atomic E-state index is 6.56. The summed E-state index contributed by atoms with van der Waals surface area (Å²) in [6, 6.07) is 16.0. The molecule has 0 aliphatic carbocycles. The number of hydrogen-bond acceptors (Lipinski definition) is 4. The van der Waals surface area contributed by atoms with E-state index in [1.165, 1.54) is 0 Å². The van der Waals surface area contributed by atoms with Crippen LogP contribution >= 0.6 is 0 Å². The van der Waals surface area contributed by atoms with Crippen molar-refractivity contribution in [3.05, 3.63) is 67.0 Å². The minimum atomic E-state index is -1.98. The molecule has 3 aromatic rings. The number of para-hydroxylation sites is 1. The highest BCUT2D eigenvalue weighted by Gasteiger charge is 2.39. The first-order valence-electron chi connectivity index (χ1n) is 9.41. The lowest BCUT2D eigenvalue weighted by Gasteiger charge is -2.36. The Morgan fingerprint density at radius 3 is 2.21 bits per heavy atom. The molecule has 28 heavy (non-hydrogen) atoms. The number of hydrogen-bond donors (Lipinski definition) is 0. The third kappa shape index (κ3) is 4.20. The predicted molar refractivity (Wildman–Crippen MR) is 119 cm³/mol. The first kappa shape index (κ1) is 20.0. The van der Waals surface area contributed by atoms with Crippen LogP contribution in [0, 0.1) is 0 Å². The average Bonchev–Trinajstić information content (AvgIpc) is 2.67. The van der Waals surface area contributed by atoms with Gasteiger partial charge < -0.3 is 4.43 Å². The molecule has 0 radical (unpaired) electrons. The van der Waals surface area contributed by atoms with Crippen molar-refractivity contribution < 1.29 is 4.43 Å². The van der Waals surface area contributed by atoms with E-state index in [1.807, 2.05) is 54.6 Å². The molecule has 0 amide bonds. The SMILES string of the molecule is C=Cc1ccc(-c2ncnc(-c3ccccc3O[Si](C)(C)C(C)(C)C)n2)cc1. The van der Waals surface area contributed by atoms with Crippen LogP contribution in [0.25, 0.3) is 28.9 Å². The molecular weight excluding hydrogens is 362 g/mol. The first-order chi connectivity index (χ1) is 13.2. The van der Waals surface area contributed by atoms with E-state index in [0.29, 0.717) is 11.6 Å². The summed E-state index contributed by atoms with van der Waals surface area (Å²) in [6.07, 6.45) is 3.37. The number of benzene rings is 2. The first-order valence-corrected chi connectivity index (χ1v) is 12.3. The van der Waals surface area contributed by atoms with Crippen molar-refractivity contribution in [1.82, 2.24) is 15.0 Å². The van der Waals surface area contributed by atoms with E-state index in [9.17, 15) is 0 Å². The monoisotopic (exact) mass is 389 g/mol. The summed E-state index contributed by atoms with van der Waals surface area (Å²) >= 11 is 0. The molecule has 0 bridgehead atoms. The minimum absolute atomic E-state index is 0.108. The van der Waals surface area contributed by atoms with Gasteiger partial charge in [-0.2, -0.15) is 0 Å². The molecule has 0 saturated heterocycles. The molecule has 144 valence electrons. The highest BCUT2D eigenvalue weighted by Crippen LogP contribution is 2.39. The Balaban J connectivity index is 2.00. The molecule has 0 aliphatic rings. The Morgan fingerprint density at radius 1 is 0.929 bits per heavy atom. The predicted octanol–water partition coefficient (Wildman–Crippen LogP) is 6.23. The molecule has 2 aromatic carbocycles. The van der Waals surface area contributed by atoms with Crippen molar-refractivity contribution in [3.63, 3.8) is 0 Å². The lowest BCUT2D eigenvalue weighted by atomic mass is 10.1. The maximum Gasteiger partial charge on any atom is 0.250 e. The van der Waals surface area contributed by atoms with Crippen LogP contribution in [-0.4, -0.2) is 23.3 Å². The zero-order valence-electron chi connectivity index (χ0n) is 17.2. The fourth-order valence-electron chi connectivity index (χ4n) is 2.50. The summed E-state index contributed by atoms with van der Waals surface area (Å²) in [4.78, 5) is 13.5. The van der Waals surface area contributed by atoms with Gasteiger partial charge in [0, 0.05) is 5.56 Å². The Bertz CT molecular complexity index is 976. The quantitative estimate of drug-likeness (QED) is 0.485. The lowest BCUT2D eigenvalue weighted by molar-refractivity contribution is 0.493. The standard InChI is InChI=1S/C23H27N3OSi/c1-7-17-12-14-18(15-13-17)21-24-16-25-22(26-21)19-10-8-9-11-20(19)27-28(5,6)23(2,3)4/h7-16H,1H2,2-6H3. The molecule has 3 rings (SSSR count). The topological polar surface area (TPSA) is 47.9 Å². The summed E-state index contributed by atoms with van der Waals surface area (Å²) in [6.45, 7) is 15.0. The highest BCUT2D eigenvalue weighted by molar-refractivity contribution is 6.74. The minimum Gasteiger partial charge on any atom is -0.543 e. The molecule has 1 aromatic heterocycles. The van der Waals surface area contributed by atoms with Crippen molar-refractivity contribution in [1.29, 1.82) is 0 Å².